The average molecular weight is 393 g/mol. The van der Waals surface area contributed by atoms with Gasteiger partial charge in [0.15, 0.2) is 5.60 Å². The average Bonchev–Trinajstić information content (AvgIpc) is 2.47. The van der Waals surface area contributed by atoms with E-state index < -0.39 is 11.6 Å². The first kappa shape index (κ1) is 16.4. The van der Waals surface area contributed by atoms with Crippen LogP contribution in [0.5, 0.6) is 5.75 Å². The molecule has 0 unspecified atom stereocenters. The van der Waals surface area contributed by atoms with Crippen molar-refractivity contribution in [3.63, 3.8) is 0 Å². The van der Waals surface area contributed by atoms with Gasteiger partial charge in [-0.05, 0) is 93.7 Å². The number of hydrogen-bond acceptors (Lipinski definition) is 2. The minimum absolute atomic E-state index is 0.183. The number of halogens is 1. The van der Waals surface area contributed by atoms with Crippen LogP contribution in [-0.4, -0.2) is 16.7 Å². The van der Waals surface area contributed by atoms with Crippen LogP contribution in [0.4, 0.5) is 0 Å². The molecule has 1 aromatic carbocycles. The molecule has 0 heterocycles. The van der Waals surface area contributed by atoms with Gasteiger partial charge in [-0.3, -0.25) is 0 Å². The van der Waals surface area contributed by atoms with Gasteiger partial charge >= 0.3 is 5.97 Å². The van der Waals surface area contributed by atoms with Crippen LogP contribution in [0.2, 0.25) is 0 Å². The topological polar surface area (TPSA) is 46.5 Å². The summed E-state index contributed by atoms with van der Waals surface area (Å²) in [5.74, 6) is 2.36. The van der Waals surface area contributed by atoms with Gasteiger partial charge in [0, 0.05) is 10.0 Å². The summed E-state index contributed by atoms with van der Waals surface area (Å²) in [6.07, 6.45) is 7.89. The minimum Gasteiger partial charge on any atom is -0.478 e. The summed E-state index contributed by atoms with van der Waals surface area (Å²) in [7, 11) is 0. The number of benzene rings is 1. The fraction of sp³-hybridized carbons (Fsp3) is 0.650. The van der Waals surface area contributed by atoms with Crippen molar-refractivity contribution in [2.45, 2.75) is 63.4 Å². The Morgan fingerprint density at radius 3 is 2.21 bits per heavy atom. The van der Waals surface area contributed by atoms with E-state index in [4.69, 9.17) is 4.74 Å². The van der Waals surface area contributed by atoms with E-state index in [2.05, 4.69) is 22.0 Å². The maximum absolute atomic E-state index is 11.5. The Morgan fingerprint density at radius 1 is 1.17 bits per heavy atom. The van der Waals surface area contributed by atoms with Gasteiger partial charge < -0.3 is 9.84 Å². The smallest absolute Gasteiger partial charge is 0.347 e. The molecular formula is C20H25BrO3. The first-order valence-electron chi connectivity index (χ1n) is 9.00. The van der Waals surface area contributed by atoms with Crippen LogP contribution in [-0.2, 0) is 10.2 Å². The first-order chi connectivity index (χ1) is 11.3. The molecule has 24 heavy (non-hydrogen) atoms. The molecule has 1 aromatic rings. The second kappa shape index (κ2) is 5.48. The zero-order chi connectivity index (χ0) is 17.1. The van der Waals surface area contributed by atoms with Crippen molar-refractivity contribution in [2.75, 3.05) is 0 Å². The number of carboxylic acid groups (broad SMARTS) is 1. The summed E-state index contributed by atoms with van der Waals surface area (Å²) in [4.78, 5) is 11.5. The van der Waals surface area contributed by atoms with E-state index in [0.717, 1.165) is 28.0 Å². The van der Waals surface area contributed by atoms with Crippen LogP contribution >= 0.6 is 15.9 Å². The molecule has 4 aliphatic rings. The maximum atomic E-state index is 11.5. The number of hydrogen-bond donors (Lipinski definition) is 1. The first-order valence-corrected chi connectivity index (χ1v) is 9.79. The van der Waals surface area contributed by atoms with Gasteiger partial charge in [0.25, 0.3) is 0 Å². The summed E-state index contributed by atoms with van der Waals surface area (Å²) in [5, 5.41) is 9.45. The molecular weight excluding hydrogens is 368 g/mol. The molecule has 3 nitrogen and oxygen atoms in total. The SMILES string of the molecule is CC(C)(Oc1ccc(Br)cc1C12CC3CC(CC(C3)C1)C2)C(=O)O. The monoisotopic (exact) mass is 392 g/mol. The van der Waals surface area contributed by atoms with Crippen molar-refractivity contribution < 1.29 is 14.6 Å². The number of rotatable bonds is 4. The third-order valence-corrected chi connectivity index (χ3v) is 6.92. The quantitative estimate of drug-likeness (QED) is 0.769. The highest BCUT2D eigenvalue weighted by molar-refractivity contribution is 9.10. The van der Waals surface area contributed by atoms with E-state index in [9.17, 15) is 9.90 Å². The number of carbonyl (C=O) groups is 1. The lowest BCUT2D eigenvalue weighted by Crippen LogP contribution is -2.49. The molecule has 0 atom stereocenters. The lowest BCUT2D eigenvalue weighted by molar-refractivity contribution is -0.152. The van der Waals surface area contributed by atoms with Crippen molar-refractivity contribution >= 4 is 21.9 Å². The van der Waals surface area contributed by atoms with Crippen molar-refractivity contribution in [3.8, 4) is 5.75 Å². The van der Waals surface area contributed by atoms with Gasteiger partial charge in [0.2, 0.25) is 0 Å². The maximum Gasteiger partial charge on any atom is 0.347 e. The summed E-state index contributed by atoms with van der Waals surface area (Å²) >= 11 is 3.61. The normalized spacial score (nSPS) is 34.4. The van der Waals surface area contributed by atoms with Gasteiger partial charge in [0.05, 0.1) is 0 Å². The largest absolute Gasteiger partial charge is 0.478 e. The van der Waals surface area contributed by atoms with E-state index in [1.54, 1.807) is 13.8 Å². The molecule has 4 fully saturated rings. The molecule has 0 amide bonds. The summed E-state index contributed by atoms with van der Waals surface area (Å²) in [5.41, 5.74) is 0.193. The molecule has 0 aromatic heterocycles. The molecule has 0 radical (unpaired) electrons. The molecule has 4 bridgehead atoms. The van der Waals surface area contributed by atoms with E-state index >= 15 is 0 Å². The number of ether oxygens (including phenoxy) is 1. The van der Waals surface area contributed by atoms with Crippen molar-refractivity contribution in [1.82, 2.24) is 0 Å². The van der Waals surface area contributed by atoms with E-state index in [-0.39, 0.29) is 5.41 Å². The Morgan fingerprint density at radius 2 is 1.71 bits per heavy atom. The number of carboxylic acids is 1. The highest BCUT2D eigenvalue weighted by atomic mass is 79.9. The fourth-order valence-corrected chi connectivity index (χ4v) is 6.13. The van der Waals surface area contributed by atoms with Crippen LogP contribution in [0.25, 0.3) is 0 Å². The molecule has 1 N–H and O–H groups in total. The van der Waals surface area contributed by atoms with Gasteiger partial charge in [-0.2, -0.15) is 0 Å². The second-order valence-electron chi connectivity index (χ2n) is 8.76. The highest BCUT2D eigenvalue weighted by Gasteiger charge is 2.52. The Hall–Kier alpha value is -1.03. The molecule has 5 rings (SSSR count). The van der Waals surface area contributed by atoms with Gasteiger partial charge in [0.1, 0.15) is 5.75 Å². The van der Waals surface area contributed by atoms with Crippen molar-refractivity contribution in [1.29, 1.82) is 0 Å². The predicted octanol–water partition coefficient (Wildman–Crippen LogP) is 5.16. The van der Waals surface area contributed by atoms with Crippen LogP contribution in [0, 0.1) is 17.8 Å². The summed E-state index contributed by atoms with van der Waals surface area (Å²) < 4.78 is 7.07. The molecule has 130 valence electrons. The predicted molar refractivity (Wildman–Crippen MR) is 96.3 cm³/mol. The van der Waals surface area contributed by atoms with Crippen molar-refractivity contribution in [3.05, 3.63) is 28.2 Å². The highest BCUT2D eigenvalue weighted by Crippen LogP contribution is 2.62. The van der Waals surface area contributed by atoms with Gasteiger partial charge in [-0.25, -0.2) is 4.79 Å². The Bertz CT molecular complexity index is 644. The molecule has 0 saturated heterocycles. The Labute approximate surface area is 151 Å². The molecule has 0 spiro atoms. The third-order valence-electron chi connectivity index (χ3n) is 6.43. The minimum atomic E-state index is -1.22. The Kier molecular flexibility index (Phi) is 3.76. The Balaban J connectivity index is 1.75. The van der Waals surface area contributed by atoms with Crippen LogP contribution < -0.4 is 4.74 Å². The molecule has 0 aliphatic heterocycles. The zero-order valence-electron chi connectivity index (χ0n) is 14.3. The van der Waals surface area contributed by atoms with E-state index in [0.29, 0.717) is 0 Å². The molecule has 4 saturated carbocycles. The lowest BCUT2D eigenvalue weighted by atomic mass is 9.48. The fourth-order valence-electron chi connectivity index (χ4n) is 5.76. The molecule has 4 heteroatoms. The van der Waals surface area contributed by atoms with Gasteiger partial charge in [-0.15, -0.1) is 0 Å². The van der Waals surface area contributed by atoms with E-state index in [1.807, 2.05) is 12.1 Å². The van der Waals surface area contributed by atoms with E-state index in [1.165, 1.54) is 44.1 Å². The van der Waals surface area contributed by atoms with Crippen LogP contribution in [0.15, 0.2) is 22.7 Å². The third kappa shape index (κ3) is 2.67. The second-order valence-corrected chi connectivity index (χ2v) is 9.67. The number of aliphatic carboxylic acids is 1. The molecule has 4 aliphatic carbocycles. The van der Waals surface area contributed by atoms with Gasteiger partial charge in [-0.1, -0.05) is 15.9 Å². The van der Waals surface area contributed by atoms with Crippen molar-refractivity contribution in [2.24, 2.45) is 17.8 Å². The van der Waals surface area contributed by atoms with Crippen LogP contribution in [0.3, 0.4) is 0 Å². The summed E-state index contributed by atoms with van der Waals surface area (Å²) in [6.45, 7) is 3.25. The van der Waals surface area contributed by atoms with Crippen LogP contribution in [0.1, 0.15) is 57.9 Å². The summed E-state index contributed by atoms with van der Waals surface area (Å²) in [6, 6.07) is 6.08. The zero-order valence-corrected chi connectivity index (χ0v) is 15.9. The standard InChI is InChI=1S/C20H25BrO3/c1-19(2,18(22)23)24-17-4-3-15(21)8-16(17)20-9-12-5-13(10-20)7-14(6-12)11-20/h3-4,8,12-14H,5-7,9-11H2,1-2H3,(H,22,23). The lowest BCUT2D eigenvalue weighted by Gasteiger charge is -2.57.